The van der Waals surface area contributed by atoms with E-state index in [1.165, 1.54) is 44.1 Å². The van der Waals surface area contributed by atoms with Crippen molar-refractivity contribution in [2.75, 3.05) is 13.1 Å². The molecule has 2 rings (SSSR count). The van der Waals surface area contributed by atoms with Crippen molar-refractivity contribution in [3.63, 3.8) is 0 Å². The number of hydrogen-bond acceptors (Lipinski definition) is 1. The van der Waals surface area contributed by atoms with Crippen LogP contribution in [0.25, 0.3) is 6.08 Å². The van der Waals surface area contributed by atoms with Gasteiger partial charge in [-0.3, -0.25) is 0 Å². The molecule has 0 spiro atoms. The first kappa shape index (κ1) is 17.1. The maximum Gasteiger partial charge on any atom is 0.0489 e. The van der Waals surface area contributed by atoms with Gasteiger partial charge >= 0.3 is 0 Å². The normalized spacial score (nSPS) is 17.2. The van der Waals surface area contributed by atoms with Crippen molar-refractivity contribution >= 4 is 33.6 Å². The lowest BCUT2D eigenvalue weighted by Crippen LogP contribution is -2.23. The molecule has 0 radical (unpaired) electrons. The third-order valence-corrected chi connectivity index (χ3v) is 5.01. The van der Waals surface area contributed by atoms with Crippen molar-refractivity contribution in [2.24, 2.45) is 5.92 Å². The van der Waals surface area contributed by atoms with E-state index in [2.05, 4.69) is 46.4 Å². The molecule has 1 aliphatic rings. The predicted molar refractivity (Wildman–Crippen MR) is 96.9 cm³/mol. The first-order valence-corrected chi connectivity index (χ1v) is 9.24. The highest BCUT2D eigenvalue weighted by Gasteiger charge is 2.17. The summed E-state index contributed by atoms with van der Waals surface area (Å²) in [6.45, 7) is 4.28. The van der Waals surface area contributed by atoms with E-state index in [1.54, 1.807) is 0 Å². The Morgan fingerprint density at radius 1 is 1.33 bits per heavy atom. The quantitative estimate of drug-likeness (QED) is 0.600. The Kier molecular flexibility index (Phi) is 7.28. The Bertz CT molecular complexity index is 478. The molecule has 1 aromatic carbocycles. The van der Waals surface area contributed by atoms with Crippen LogP contribution in [0.1, 0.15) is 51.0 Å². The topological polar surface area (TPSA) is 12.0 Å². The summed E-state index contributed by atoms with van der Waals surface area (Å²) >= 11 is 9.85. The van der Waals surface area contributed by atoms with Gasteiger partial charge in [0.05, 0.1) is 0 Å². The fraction of sp³-hybridized carbons (Fsp3) is 0.556. The van der Waals surface area contributed by atoms with Crippen LogP contribution in [0, 0.1) is 5.92 Å². The molecule has 1 saturated carbocycles. The summed E-state index contributed by atoms with van der Waals surface area (Å²) in [7, 11) is 0. The monoisotopic (exact) mass is 369 g/mol. The zero-order valence-electron chi connectivity index (χ0n) is 12.8. The number of nitrogens with one attached hydrogen (secondary N) is 1. The van der Waals surface area contributed by atoms with Crippen LogP contribution in [-0.4, -0.2) is 13.1 Å². The molecular weight excluding hydrogens is 346 g/mol. The van der Waals surface area contributed by atoms with Crippen LogP contribution in [0.5, 0.6) is 0 Å². The number of rotatable bonds is 6. The van der Waals surface area contributed by atoms with Crippen LogP contribution in [0.15, 0.2) is 28.2 Å². The van der Waals surface area contributed by atoms with Gasteiger partial charge in [0.2, 0.25) is 0 Å². The summed E-state index contributed by atoms with van der Waals surface area (Å²) in [5.74, 6) is 0.725. The molecule has 0 atom stereocenters. The summed E-state index contributed by atoms with van der Waals surface area (Å²) < 4.78 is 1.04. The van der Waals surface area contributed by atoms with Gasteiger partial charge in [-0.25, -0.2) is 0 Å². The van der Waals surface area contributed by atoms with Crippen molar-refractivity contribution in [1.82, 2.24) is 5.32 Å². The second-order valence-corrected chi connectivity index (χ2v) is 7.22. The van der Waals surface area contributed by atoms with Gasteiger partial charge in [0.1, 0.15) is 0 Å². The fourth-order valence-electron chi connectivity index (χ4n) is 3.01. The molecule has 21 heavy (non-hydrogen) atoms. The van der Waals surface area contributed by atoms with Crippen molar-refractivity contribution in [3.8, 4) is 0 Å². The minimum atomic E-state index is 0.725. The molecule has 1 aliphatic carbocycles. The van der Waals surface area contributed by atoms with Crippen LogP contribution in [0.2, 0.25) is 5.02 Å². The summed E-state index contributed by atoms with van der Waals surface area (Å²) in [6.07, 6.45) is 10.3. The summed E-state index contributed by atoms with van der Waals surface area (Å²) in [4.78, 5) is 0. The Labute approximate surface area is 142 Å². The molecule has 0 amide bonds. The van der Waals surface area contributed by atoms with E-state index < -0.39 is 0 Å². The van der Waals surface area contributed by atoms with Gasteiger partial charge in [-0.1, -0.05) is 71.4 Å². The van der Waals surface area contributed by atoms with Gasteiger partial charge in [-0.2, -0.15) is 0 Å². The van der Waals surface area contributed by atoms with E-state index in [0.717, 1.165) is 34.1 Å². The fourth-order valence-corrected chi connectivity index (χ4v) is 3.74. The van der Waals surface area contributed by atoms with Crippen LogP contribution < -0.4 is 5.32 Å². The molecule has 0 bridgehead atoms. The van der Waals surface area contributed by atoms with E-state index in [1.807, 2.05) is 6.07 Å². The Balaban J connectivity index is 2.17. The average molecular weight is 371 g/mol. The second-order valence-electron chi connectivity index (χ2n) is 5.90. The summed E-state index contributed by atoms with van der Waals surface area (Å²) in [5.41, 5.74) is 2.66. The molecule has 1 N–H and O–H groups in total. The molecule has 0 saturated heterocycles. The first-order chi connectivity index (χ1) is 10.2. The van der Waals surface area contributed by atoms with Crippen LogP contribution in [0.4, 0.5) is 0 Å². The van der Waals surface area contributed by atoms with E-state index in [0.29, 0.717) is 0 Å². The standard InChI is InChI=1S/C18H25BrClN/c1-2-10-21-13-16(14-6-4-3-5-7-14)11-15-8-9-17(19)12-18(15)20/h8-9,11-12,14,21H,2-7,10,13H2,1H3/b16-11-. The van der Waals surface area contributed by atoms with Gasteiger partial charge in [-0.05, 0) is 49.4 Å². The third-order valence-electron chi connectivity index (χ3n) is 4.19. The summed E-state index contributed by atoms with van der Waals surface area (Å²) in [6, 6.07) is 6.15. The molecule has 116 valence electrons. The summed E-state index contributed by atoms with van der Waals surface area (Å²) in [5, 5.41) is 4.39. The van der Waals surface area contributed by atoms with E-state index in [4.69, 9.17) is 11.6 Å². The second kappa shape index (κ2) is 8.97. The molecule has 0 aliphatic heterocycles. The minimum absolute atomic E-state index is 0.725. The van der Waals surface area contributed by atoms with Crippen molar-refractivity contribution in [2.45, 2.75) is 45.4 Å². The van der Waals surface area contributed by atoms with E-state index >= 15 is 0 Å². The Morgan fingerprint density at radius 3 is 2.76 bits per heavy atom. The van der Waals surface area contributed by atoms with Gasteiger partial charge in [-0.15, -0.1) is 0 Å². The lowest BCUT2D eigenvalue weighted by molar-refractivity contribution is 0.396. The lowest BCUT2D eigenvalue weighted by Gasteiger charge is -2.25. The lowest BCUT2D eigenvalue weighted by atomic mass is 9.83. The predicted octanol–water partition coefficient (Wildman–Crippen LogP) is 6.07. The first-order valence-electron chi connectivity index (χ1n) is 8.07. The van der Waals surface area contributed by atoms with Gasteiger partial charge < -0.3 is 5.32 Å². The van der Waals surface area contributed by atoms with Crippen LogP contribution in [-0.2, 0) is 0 Å². The van der Waals surface area contributed by atoms with Gasteiger partial charge in [0.15, 0.2) is 0 Å². The maximum absolute atomic E-state index is 6.38. The largest absolute Gasteiger partial charge is 0.313 e. The SMILES string of the molecule is CCCNC/C(=C/c1ccc(Br)cc1Cl)C1CCCCC1. The highest BCUT2D eigenvalue weighted by atomic mass is 79.9. The molecule has 0 aromatic heterocycles. The molecule has 1 aromatic rings. The van der Waals surface area contributed by atoms with Gasteiger partial charge in [0.25, 0.3) is 0 Å². The Morgan fingerprint density at radius 2 is 2.10 bits per heavy atom. The zero-order valence-corrected chi connectivity index (χ0v) is 15.1. The number of benzene rings is 1. The average Bonchev–Trinajstić information content (AvgIpc) is 2.49. The highest BCUT2D eigenvalue weighted by molar-refractivity contribution is 9.10. The van der Waals surface area contributed by atoms with Crippen LogP contribution in [0.3, 0.4) is 0 Å². The Hall–Kier alpha value is -0.310. The smallest absolute Gasteiger partial charge is 0.0489 e. The molecule has 1 nitrogen and oxygen atoms in total. The minimum Gasteiger partial charge on any atom is -0.313 e. The molecule has 0 unspecified atom stereocenters. The molecule has 0 heterocycles. The molecule has 1 fully saturated rings. The number of halogens is 2. The van der Waals surface area contributed by atoms with E-state index in [-0.39, 0.29) is 0 Å². The van der Waals surface area contributed by atoms with Crippen molar-refractivity contribution < 1.29 is 0 Å². The highest BCUT2D eigenvalue weighted by Crippen LogP contribution is 2.32. The van der Waals surface area contributed by atoms with E-state index in [9.17, 15) is 0 Å². The third kappa shape index (κ3) is 5.43. The van der Waals surface area contributed by atoms with Crippen LogP contribution >= 0.6 is 27.5 Å². The molecular formula is C18H25BrClN. The maximum atomic E-state index is 6.38. The van der Waals surface area contributed by atoms with Gasteiger partial charge in [0, 0.05) is 16.0 Å². The van der Waals surface area contributed by atoms with Crippen molar-refractivity contribution in [3.05, 3.63) is 38.8 Å². The van der Waals surface area contributed by atoms with Crippen molar-refractivity contribution in [1.29, 1.82) is 0 Å². The number of hydrogen-bond donors (Lipinski definition) is 1. The molecule has 3 heteroatoms. The zero-order chi connectivity index (χ0) is 15.1.